The fraction of sp³-hybridized carbons (Fsp3) is 0.0909. The summed E-state index contributed by atoms with van der Waals surface area (Å²) in [7, 11) is 0. The zero-order chi connectivity index (χ0) is 12.4. The van der Waals surface area contributed by atoms with Gasteiger partial charge in [-0.25, -0.2) is 8.78 Å². The summed E-state index contributed by atoms with van der Waals surface area (Å²) in [5.74, 6) is -0.418. The van der Waals surface area contributed by atoms with Crippen LogP contribution in [0.5, 0.6) is 0 Å². The highest BCUT2D eigenvalue weighted by atomic mass is 79.9. The fourth-order valence-corrected chi connectivity index (χ4v) is 1.94. The maximum Gasteiger partial charge on any atom is 0.169 e. The Morgan fingerprint density at radius 1 is 1.12 bits per heavy atom. The van der Waals surface area contributed by atoms with Crippen molar-refractivity contribution in [3.8, 4) is 0 Å². The number of anilines is 1. The van der Waals surface area contributed by atoms with Crippen LogP contribution in [0.1, 0.15) is 5.76 Å². The lowest BCUT2D eigenvalue weighted by Gasteiger charge is -2.06. The molecular weight excluding hydrogens is 360 g/mol. The third-order valence-electron chi connectivity index (χ3n) is 2.09. The number of hydrogen-bond acceptors (Lipinski definition) is 2. The first-order valence-electron chi connectivity index (χ1n) is 4.69. The topological polar surface area (TPSA) is 25.2 Å². The molecule has 0 saturated heterocycles. The van der Waals surface area contributed by atoms with Gasteiger partial charge < -0.3 is 9.73 Å². The van der Waals surface area contributed by atoms with Crippen molar-refractivity contribution in [3.05, 3.63) is 50.8 Å². The van der Waals surface area contributed by atoms with Crippen LogP contribution < -0.4 is 5.32 Å². The SMILES string of the molecule is Fc1cc(NCc2ccc(Br)o2)c(F)cc1Br. The third kappa shape index (κ3) is 3.07. The van der Waals surface area contributed by atoms with Gasteiger partial charge in [0.05, 0.1) is 16.7 Å². The number of halogens is 4. The maximum absolute atomic E-state index is 13.4. The van der Waals surface area contributed by atoms with Gasteiger partial charge in [0, 0.05) is 6.07 Å². The molecule has 0 spiro atoms. The van der Waals surface area contributed by atoms with Crippen LogP contribution in [-0.4, -0.2) is 0 Å². The summed E-state index contributed by atoms with van der Waals surface area (Å²) in [5.41, 5.74) is 0.0956. The second-order valence-electron chi connectivity index (χ2n) is 3.31. The van der Waals surface area contributed by atoms with E-state index < -0.39 is 11.6 Å². The highest BCUT2D eigenvalue weighted by Gasteiger charge is 2.08. The number of rotatable bonds is 3. The molecule has 0 saturated carbocycles. The van der Waals surface area contributed by atoms with Crippen molar-refractivity contribution in [1.82, 2.24) is 0 Å². The van der Waals surface area contributed by atoms with E-state index in [1.807, 2.05) is 0 Å². The molecule has 0 aliphatic heterocycles. The van der Waals surface area contributed by atoms with Gasteiger partial charge in [0.25, 0.3) is 0 Å². The highest BCUT2D eigenvalue weighted by Crippen LogP contribution is 2.24. The average Bonchev–Trinajstić information content (AvgIpc) is 2.68. The fourth-order valence-electron chi connectivity index (χ4n) is 1.29. The first kappa shape index (κ1) is 12.6. The summed E-state index contributed by atoms with van der Waals surface area (Å²) < 4.78 is 32.6. The van der Waals surface area contributed by atoms with Gasteiger partial charge in [-0.2, -0.15) is 0 Å². The Labute approximate surface area is 113 Å². The Balaban J connectivity index is 2.11. The van der Waals surface area contributed by atoms with Crippen molar-refractivity contribution >= 4 is 37.5 Å². The van der Waals surface area contributed by atoms with Crippen LogP contribution in [0.25, 0.3) is 0 Å². The molecule has 1 N–H and O–H groups in total. The standard InChI is InChI=1S/C11H7Br2F2NO/c12-7-3-9(15)10(4-8(7)14)16-5-6-1-2-11(13)17-6/h1-4,16H,5H2. The molecule has 17 heavy (non-hydrogen) atoms. The van der Waals surface area contributed by atoms with E-state index in [9.17, 15) is 8.78 Å². The van der Waals surface area contributed by atoms with Crippen LogP contribution in [0.2, 0.25) is 0 Å². The van der Waals surface area contributed by atoms with Crippen LogP contribution in [0.3, 0.4) is 0 Å². The molecule has 0 bridgehead atoms. The summed E-state index contributed by atoms with van der Waals surface area (Å²) in [6.45, 7) is 0.281. The first-order valence-corrected chi connectivity index (χ1v) is 6.27. The normalized spacial score (nSPS) is 10.6. The van der Waals surface area contributed by atoms with E-state index in [2.05, 4.69) is 37.2 Å². The second-order valence-corrected chi connectivity index (χ2v) is 4.94. The van der Waals surface area contributed by atoms with Crippen molar-refractivity contribution in [2.24, 2.45) is 0 Å². The van der Waals surface area contributed by atoms with Gasteiger partial charge in [-0.1, -0.05) is 0 Å². The van der Waals surface area contributed by atoms with Crippen LogP contribution in [0.4, 0.5) is 14.5 Å². The lowest BCUT2D eigenvalue weighted by molar-refractivity contribution is 0.495. The summed E-state index contributed by atoms with van der Waals surface area (Å²) in [6, 6.07) is 5.65. The predicted molar refractivity (Wildman–Crippen MR) is 67.8 cm³/mol. The lowest BCUT2D eigenvalue weighted by atomic mass is 10.3. The van der Waals surface area contributed by atoms with Gasteiger partial charge in [0.15, 0.2) is 4.67 Å². The van der Waals surface area contributed by atoms with E-state index in [1.54, 1.807) is 12.1 Å². The predicted octanol–water partition coefficient (Wildman–Crippen LogP) is 4.69. The zero-order valence-corrected chi connectivity index (χ0v) is 11.6. The average molecular weight is 367 g/mol. The number of hydrogen-bond donors (Lipinski definition) is 1. The first-order chi connectivity index (χ1) is 8.06. The number of furan rings is 1. The largest absolute Gasteiger partial charge is 0.452 e. The van der Waals surface area contributed by atoms with Crippen molar-refractivity contribution in [1.29, 1.82) is 0 Å². The molecular formula is C11H7Br2F2NO. The molecule has 6 heteroatoms. The molecule has 2 aromatic rings. The Bertz CT molecular complexity index is 542. The van der Waals surface area contributed by atoms with Crippen LogP contribution in [-0.2, 0) is 6.54 Å². The minimum atomic E-state index is -0.524. The molecule has 2 nitrogen and oxygen atoms in total. The summed E-state index contributed by atoms with van der Waals surface area (Å²) in [4.78, 5) is 0. The highest BCUT2D eigenvalue weighted by molar-refractivity contribution is 9.10. The molecule has 2 rings (SSSR count). The Morgan fingerprint density at radius 2 is 1.88 bits per heavy atom. The van der Waals surface area contributed by atoms with Gasteiger partial charge in [-0.05, 0) is 50.1 Å². The summed E-state index contributed by atoms with van der Waals surface area (Å²) in [6.07, 6.45) is 0. The molecule has 0 unspecified atom stereocenters. The van der Waals surface area contributed by atoms with Gasteiger partial charge >= 0.3 is 0 Å². The maximum atomic E-state index is 13.4. The zero-order valence-electron chi connectivity index (χ0n) is 8.44. The van der Waals surface area contributed by atoms with Gasteiger partial charge in [0.1, 0.15) is 17.4 Å². The molecule has 0 fully saturated rings. The van der Waals surface area contributed by atoms with Crippen LogP contribution in [0, 0.1) is 11.6 Å². The number of nitrogens with one attached hydrogen (secondary N) is 1. The molecule has 1 aromatic carbocycles. The van der Waals surface area contributed by atoms with Gasteiger partial charge in [-0.15, -0.1) is 0 Å². The number of benzene rings is 1. The van der Waals surface area contributed by atoms with E-state index in [0.29, 0.717) is 10.4 Å². The van der Waals surface area contributed by atoms with Crippen molar-refractivity contribution in [2.75, 3.05) is 5.32 Å². The minimum Gasteiger partial charge on any atom is -0.452 e. The van der Waals surface area contributed by atoms with E-state index >= 15 is 0 Å². The van der Waals surface area contributed by atoms with Crippen LogP contribution in [0.15, 0.2) is 37.8 Å². The van der Waals surface area contributed by atoms with E-state index in [4.69, 9.17) is 4.42 Å². The molecule has 0 atom stereocenters. The van der Waals surface area contributed by atoms with Gasteiger partial charge in [0.2, 0.25) is 0 Å². The van der Waals surface area contributed by atoms with E-state index in [-0.39, 0.29) is 16.7 Å². The smallest absolute Gasteiger partial charge is 0.169 e. The Hall–Kier alpha value is -0.880. The second kappa shape index (κ2) is 5.18. The van der Waals surface area contributed by atoms with E-state index in [1.165, 1.54) is 0 Å². The molecule has 0 amide bonds. The molecule has 0 radical (unpaired) electrons. The molecule has 0 aliphatic carbocycles. The molecule has 1 aromatic heterocycles. The summed E-state index contributed by atoms with van der Waals surface area (Å²) >= 11 is 6.07. The van der Waals surface area contributed by atoms with Crippen LogP contribution >= 0.6 is 31.9 Å². The van der Waals surface area contributed by atoms with Crippen molar-refractivity contribution in [2.45, 2.75) is 6.54 Å². The minimum absolute atomic E-state index is 0.0956. The monoisotopic (exact) mass is 365 g/mol. The van der Waals surface area contributed by atoms with E-state index in [0.717, 1.165) is 12.1 Å². The lowest BCUT2D eigenvalue weighted by Crippen LogP contribution is -2.01. The molecule has 0 aliphatic rings. The molecule has 90 valence electrons. The summed E-state index contributed by atoms with van der Waals surface area (Å²) in [5, 5.41) is 2.76. The Kier molecular flexibility index (Phi) is 3.83. The van der Waals surface area contributed by atoms with Crippen molar-refractivity contribution in [3.63, 3.8) is 0 Å². The van der Waals surface area contributed by atoms with Gasteiger partial charge in [-0.3, -0.25) is 0 Å². The quantitative estimate of drug-likeness (QED) is 0.797. The third-order valence-corrected chi connectivity index (χ3v) is 3.13. The molecule has 1 heterocycles. The Morgan fingerprint density at radius 3 is 2.53 bits per heavy atom. The van der Waals surface area contributed by atoms with Crippen molar-refractivity contribution < 1.29 is 13.2 Å².